The Labute approximate surface area is 163 Å². The number of carbonyl (C=O) groups is 3. The summed E-state index contributed by atoms with van der Waals surface area (Å²) in [5.74, 6) is -1.20. The quantitative estimate of drug-likeness (QED) is 0.537. The molecule has 0 spiro atoms. The number of ketones is 1. The van der Waals surface area contributed by atoms with E-state index in [2.05, 4.69) is 5.32 Å². The molecule has 0 bridgehead atoms. The molecular weight excluding hydrogens is 366 g/mol. The summed E-state index contributed by atoms with van der Waals surface area (Å²) in [4.78, 5) is 36.1. The maximum absolute atomic E-state index is 12.1. The normalized spacial score (nSPS) is 11.5. The molecule has 1 N–H and O–H groups in total. The number of hydrogen-bond acceptors (Lipinski definition) is 4. The summed E-state index contributed by atoms with van der Waals surface area (Å²) in [5, 5.41) is 3.24. The molecular formula is C21H22ClNO4. The van der Waals surface area contributed by atoms with Gasteiger partial charge >= 0.3 is 5.97 Å². The topological polar surface area (TPSA) is 72.5 Å². The Bertz CT molecular complexity index is 800. The van der Waals surface area contributed by atoms with Crippen LogP contribution in [-0.4, -0.2) is 23.8 Å². The van der Waals surface area contributed by atoms with Crippen molar-refractivity contribution >= 4 is 34.9 Å². The Balaban J connectivity index is 1.78. The summed E-state index contributed by atoms with van der Waals surface area (Å²) in [6.07, 6.45) is -0.122. The molecule has 142 valence electrons. The number of benzene rings is 2. The second-order valence-corrected chi connectivity index (χ2v) is 6.54. The number of rotatable bonds is 8. The van der Waals surface area contributed by atoms with Crippen molar-refractivity contribution in [1.29, 1.82) is 0 Å². The lowest BCUT2D eigenvalue weighted by atomic mass is 10.1. The molecule has 0 saturated carbocycles. The van der Waals surface area contributed by atoms with Crippen molar-refractivity contribution in [3.63, 3.8) is 0 Å². The van der Waals surface area contributed by atoms with Crippen LogP contribution in [-0.2, 0) is 20.7 Å². The molecule has 0 unspecified atom stereocenters. The fourth-order valence-corrected chi connectivity index (χ4v) is 2.50. The van der Waals surface area contributed by atoms with Gasteiger partial charge in [-0.25, -0.2) is 0 Å². The minimum Gasteiger partial charge on any atom is -0.453 e. The van der Waals surface area contributed by atoms with Gasteiger partial charge in [-0.3, -0.25) is 14.4 Å². The Hall–Kier alpha value is -2.66. The molecule has 0 aliphatic rings. The molecule has 0 radical (unpaired) electrons. The molecule has 1 atom stereocenters. The van der Waals surface area contributed by atoms with Gasteiger partial charge < -0.3 is 10.1 Å². The Morgan fingerprint density at radius 3 is 2.22 bits per heavy atom. The van der Waals surface area contributed by atoms with Crippen LogP contribution in [0.1, 0.15) is 42.6 Å². The van der Waals surface area contributed by atoms with E-state index >= 15 is 0 Å². The molecule has 27 heavy (non-hydrogen) atoms. The van der Waals surface area contributed by atoms with Crippen molar-refractivity contribution in [3.8, 4) is 0 Å². The summed E-state index contributed by atoms with van der Waals surface area (Å²) in [7, 11) is 0. The molecule has 0 fully saturated rings. The molecule has 0 aromatic heterocycles. The highest BCUT2D eigenvalue weighted by Crippen LogP contribution is 2.13. The molecule has 0 aliphatic carbocycles. The van der Waals surface area contributed by atoms with E-state index in [1.54, 1.807) is 36.4 Å². The Kier molecular flexibility index (Phi) is 7.55. The van der Waals surface area contributed by atoms with Gasteiger partial charge in [0.25, 0.3) is 5.91 Å². The van der Waals surface area contributed by atoms with Crippen molar-refractivity contribution in [2.45, 2.75) is 39.2 Å². The van der Waals surface area contributed by atoms with E-state index in [-0.39, 0.29) is 18.6 Å². The highest BCUT2D eigenvalue weighted by atomic mass is 35.5. The Morgan fingerprint density at radius 2 is 1.63 bits per heavy atom. The number of nitrogens with one attached hydrogen (secondary N) is 1. The van der Waals surface area contributed by atoms with Gasteiger partial charge in [0.1, 0.15) is 0 Å². The predicted octanol–water partition coefficient (Wildman–Crippen LogP) is 4.44. The van der Waals surface area contributed by atoms with Crippen molar-refractivity contribution in [1.82, 2.24) is 0 Å². The third-order valence-corrected chi connectivity index (χ3v) is 4.28. The maximum Gasteiger partial charge on any atom is 0.307 e. The first kappa shape index (κ1) is 20.6. The van der Waals surface area contributed by atoms with Crippen LogP contribution in [0.5, 0.6) is 0 Å². The van der Waals surface area contributed by atoms with E-state index < -0.39 is 18.0 Å². The molecule has 2 aromatic rings. The van der Waals surface area contributed by atoms with Gasteiger partial charge in [0.05, 0.1) is 6.42 Å². The number of hydrogen-bond donors (Lipinski definition) is 1. The number of Topliss-reactive ketones (excluding diaryl/α,β-unsaturated/α-hetero) is 1. The van der Waals surface area contributed by atoms with E-state index in [1.807, 2.05) is 19.1 Å². The van der Waals surface area contributed by atoms with Crippen LogP contribution in [0, 0.1) is 0 Å². The standard InChI is InChI=1S/C21H22ClNO4/c1-3-15-4-10-18(11-5-15)23-21(26)14(2)27-20(25)13-12-19(24)16-6-8-17(22)9-7-16/h4-11,14H,3,12-13H2,1-2H3,(H,23,26)/t14-/m1/s1. The lowest BCUT2D eigenvalue weighted by Crippen LogP contribution is -2.30. The van der Waals surface area contributed by atoms with E-state index in [0.29, 0.717) is 16.3 Å². The van der Waals surface area contributed by atoms with Gasteiger partial charge in [-0.2, -0.15) is 0 Å². The molecule has 0 saturated heterocycles. The van der Waals surface area contributed by atoms with Crippen LogP contribution in [0.15, 0.2) is 48.5 Å². The van der Waals surface area contributed by atoms with Gasteiger partial charge in [0.2, 0.25) is 0 Å². The largest absolute Gasteiger partial charge is 0.453 e. The van der Waals surface area contributed by atoms with Gasteiger partial charge in [-0.15, -0.1) is 0 Å². The number of esters is 1. The average Bonchev–Trinajstić information content (AvgIpc) is 2.67. The van der Waals surface area contributed by atoms with Gasteiger partial charge in [0.15, 0.2) is 11.9 Å². The highest BCUT2D eigenvalue weighted by molar-refractivity contribution is 6.30. The summed E-state index contributed by atoms with van der Waals surface area (Å²) in [6.45, 7) is 3.54. The van der Waals surface area contributed by atoms with Crippen LogP contribution in [0.3, 0.4) is 0 Å². The number of amides is 1. The van der Waals surface area contributed by atoms with Crippen LogP contribution in [0.4, 0.5) is 5.69 Å². The van der Waals surface area contributed by atoms with Crippen LogP contribution in [0.25, 0.3) is 0 Å². The predicted molar refractivity (Wildman–Crippen MR) is 105 cm³/mol. The zero-order chi connectivity index (χ0) is 19.8. The first-order valence-corrected chi connectivity index (χ1v) is 9.15. The first-order chi connectivity index (χ1) is 12.9. The fraction of sp³-hybridized carbons (Fsp3) is 0.286. The Morgan fingerprint density at radius 1 is 1.00 bits per heavy atom. The summed E-state index contributed by atoms with van der Waals surface area (Å²) < 4.78 is 5.11. The average molecular weight is 388 g/mol. The number of carbonyl (C=O) groups excluding carboxylic acids is 3. The zero-order valence-corrected chi connectivity index (χ0v) is 16.1. The summed E-state index contributed by atoms with van der Waals surface area (Å²) in [6, 6.07) is 13.9. The fourth-order valence-electron chi connectivity index (χ4n) is 2.37. The minimum absolute atomic E-state index is 0.00723. The van der Waals surface area contributed by atoms with Crippen LogP contribution < -0.4 is 5.32 Å². The maximum atomic E-state index is 12.1. The second kappa shape index (κ2) is 9.88. The number of halogens is 1. The molecule has 2 aromatic carbocycles. The molecule has 1 amide bonds. The van der Waals surface area contributed by atoms with Crippen LogP contribution in [0.2, 0.25) is 5.02 Å². The second-order valence-electron chi connectivity index (χ2n) is 6.10. The smallest absolute Gasteiger partial charge is 0.307 e. The summed E-state index contributed by atoms with van der Waals surface area (Å²) in [5.41, 5.74) is 2.28. The minimum atomic E-state index is -0.950. The molecule has 5 nitrogen and oxygen atoms in total. The van der Waals surface area contributed by atoms with Gasteiger partial charge in [-0.05, 0) is 55.3 Å². The number of aryl methyl sites for hydroxylation is 1. The van der Waals surface area contributed by atoms with Crippen molar-refractivity contribution in [2.24, 2.45) is 0 Å². The van der Waals surface area contributed by atoms with Crippen molar-refractivity contribution in [2.75, 3.05) is 5.32 Å². The van der Waals surface area contributed by atoms with Crippen LogP contribution >= 0.6 is 11.6 Å². The molecule has 0 aliphatic heterocycles. The zero-order valence-electron chi connectivity index (χ0n) is 15.3. The third-order valence-electron chi connectivity index (χ3n) is 4.03. The summed E-state index contributed by atoms with van der Waals surface area (Å²) >= 11 is 5.78. The monoisotopic (exact) mass is 387 g/mol. The molecule has 2 rings (SSSR count). The molecule has 0 heterocycles. The van der Waals surface area contributed by atoms with Gasteiger partial charge in [0, 0.05) is 22.7 Å². The van der Waals surface area contributed by atoms with E-state index in [1.165, 1.54) is 6.92 Å². The van der Waals surface area contributed by atoms with E-state index in [4.69, 9.17) is 16.3 Å². The first-order valence-electron chi connectivity index (χ1n) is 8.77. The SMILES string of the molecule is CCc1ccc(NC(=O)[C@@H](C)OC(=O)CCC(=O)c2ccc(Cl)cc2)cc1. The van der Waals surface area contributed by atoms with Crippen molar-refractivity contribution in [3.05, 3.63) is 64.7 Å². The van der Waals surface area contributed by atoms with Crippen molar-refractivity contribution < 1.29 is 19.1 Å². The third kappa shape index (κ3) is 6.53. The lowest BCUT2D eigenvalue weighted by Gasteiger charge is -2.13. The van der Waals surface area contributed by atoms with Gasteiger partial charge in [-0.1, -0.05) is 30.7 Å². The number of anilines is 1. The number of ether oxygens (including phenoxy) is 1. The van der Waals surface area contributed by atoms with E-state index in [0.717, 1.165) is 12.0 Å². The van der Waals surface area contributed by atoms with E-state index in [9.17, 15) is 14.4 Å². The molecule has 6 heteroatoms. The lowest BCUT2D eigenvalue weighted by molar-refractivity contribution is -0.153. The highest BCUT2D eigenvalue weighted by Gasteiger charge is 2.19.